The number of ether oxygens (including phenoxy) is 1. The summed E-state index contributed by atoms with van der Waals surface area (Å²) in [7, 11) is 1.94. The minimum absolute atomic E-state index is 0.210. The van der Waals surface area contributed by atoms with Gasteiger partial charge >= 0.3 is 0 Å². The van der Waals surface area contributed by atoms with Crippen molar-refractivity contribution in [3.05, 3.63) is 47.8 Å². The lowest BCUT2D eigenvalue weighted by molar-refractivity contribution is 0.242. The highest BCUT2D eigenvalue weighted by Crippen LogP contribution is 2.24. The van der Waals surface area contributed by atoms with E-state index < -0.39 is 0 Å². The minimum Gasteiger partial charge on any atom is -0.491 e. The summed E-state index contributed by atoms with van der Waals surface area (Å²) in [4.78, 5) is 8.20. The first-order chi connectivity index (χ1) is 14.0. The Morgan fingerprint density at radius 3 is 2.83 bits per heavy atom. The third kappa shape index (κ3) is 4.91. The SMILES string of the molecule is Cc1nn(C)c2ncc(SN[C@@H]3CCN(Cc4ccc(OC(C)C)cc4)C3)cc12. The van der Waals surface area contributed by atoms with E-state index in [2.05, 4.69) is 63.9 Å². The van der Waals surface area contributed by atoms with Crippen molar-refractivity contribution in [1.29, 1.82) is 0 Å². The Hall–Kier alpha value is -2.09. The van der Waals surface area contributed by atoms with Crippen LogP contribution in [0.4, 0.5) is 0 Å². The third-order valence-corrected chi connectivity index (χ3v) is 6.07. The molecule has 0 radical (unpaired) electrons. The zero-order valence-electron chi connectivity index (χ0n) is 17.6. The van der Waals surface area contributed by atoms with Gasteiger partial charge in [0.15, 0.2) is 5.65 Å². The normalized spacial score (nSPS) is 17.5. The summed E-state index contributed by atoms with van der Waals surface area (Å²) < 4.78 is 11.2. The molecule has 0 spiro atoms. The summed E-state index contributed by atoms with van der Waals surface area (Å²) in [6.45, 7) is 9.28. The Morgan fingerprint density at radius 1 is 1.28 bits per heavy atom. The molecule has 1 fully saturated rings. The van der Waals surface area contributed by atoms with Crippen molar-refractivity contribution in [2.45, 2.75) is 50.8 Å². The molecule has 1 aliphatic heterocycles. The van der Waals surface area contributed by atoms with Gasteiger partial charge in [-0.15, -0.1) is 0 Å². The highest BCUT2D eigenvalue weighted by molar-refractivity contribution is 7.97. The topological polar surface area (TPSA) is 55.2 Å². The Balaban J connectivity index is 1.28. The van der Waals surface area contributed by atoms with Gasteiger partial charge in [-0.25, -0.2) is 4.98 Å². The number of pyridine rings is 1. The largest absolute Gasteiger partial charge is 0.491 e. The average molecular weight is 412 g/mol. The van der Waals surface area contributed by atoms with Crippen molar-refractivity contribution in [3.8, 4) is 5.75 Å². The number of hydrogen-bond acceptors (Lipinski definition) is 6. The number of likely N-dealkylation sites (tertiary alicyclic amines) is 1. The molecule has 1 N–H and O–H groups in total. The second-order valence-corrected chi connectivity index (χ2v) is 8.91. The minimum atomic E-state index is 0.210. The molecule has 4 rings (SSSR count). The van der Waals surface area contributed by atoms with E-state index in [0.29, 0.717) is 6.04 Å². The lowest BCUT2D eigenvalue weighted by Crippen LogP contribution is -2.28. The Morgan fingerprint density at radius 2 is 2.07 bits per heavy atom. The molecule has 0 saturated carbocycles. The van der Waals surface area contributed by atoms with Gasteiger partial charge in [0, 0.05) is 49.2 Å². The lowest BCUT2D eigenvalue weighted by Gasteiger charge is -2.17. The number of fused-ring (bicyclic) bond motifs is 1. The van der Waals surface area contributed by atoms with Gasteiger partial charge in [0.25, 0.3) is 0 Å². The summed E-state index contributed by atoms with van der Waals surface area (Å²) in [5, 5.41) is 5.57. The van der Waals surface area contributed by atoms with Gasteiger partial charge in [0.1, 0.15) is 5.75 Å². The molecule has 3 heterocycles. The predicted molar refractivity (Wildman–Crippen MR) is 118 cm³/mol. The number of nitrogens with zero attached hydrogens (tertiary/aromatic N) is 4. The van der Waals surface area contributed by atoms with Crippen LogP contribution in [0, 0.1) is 6.92 Å². The van der Waals surface area contributed by atoms with Crippen molar-refractivity contribution < 1.29 is 4.74 Å². The summed E-state index contributed by atoms with van der Waals surface area (Å²) in [6, 6.07) is 11.1. The van der Waals surface area contributed by atoms with Gasteiger partial charge in [-0.3, -0.25) is 14.3 Å². The molecule has 2 aromatic heterocycles. The predicted octanol–water partition coefficient (Wildman–Crippen LogP) is 3.94. The summed E-state index contributed by atoms with van der Waals surface area (Å²) >= 11 is 1.67. The van der Waals surface area contributed by atoms with Crippen molar-refractivity contribution >= 4 is 23.0 Å². The van der Waals surface area contributed by atoms with Gasteiger partial charge in [-0.1, -0.05) is 12.1 Å². The van der Waals surface area contributed by atoms with Crippen molar-refractivity contribution in [2.24, 2.45) is 7.05 Å². The summed E-state index contributed by atoms with van der Waals surface area (Å²) in [5.74, 6) is 0.940. The molecular weight excluding hydrogens is 382 g/mol. The van der Waals surface area contributed by atoms with Gasteiger partial charge in [-0.05, 0) is 62.9 Å². The molecule has 0 bridgehead atoms. The first kappa shape index (κ1) is 20.2. The molecule has 29 heavy (non-hydrogen) atoms. The molecule has 6 nitrogen and oxygen atoms in total. The summed E-state index contributed by atoms with van der Waals surface area (Å²) in [5.41, 5.74) is 3.29. The first-order valence-corrected chi connectivity index (χ1v) is 11.0. The molecule has 0 aliphatic carbocycles. The number of rotatable bonds is 7. The molecule has 1 aromatic carbocycles. The number of aryl methyl sites for hydroxylation is 2. The third-order valence-electron chi connectivity index (χ3n) is 5.16. The zero-order valence-corrected chi connectivity index (χ0v) is 18.4. The van der Waals surface area contributed by atoms with Crippen molar-refractivity contribution in [2.75, 3.05) is 13.1 Å². The van der Waals surface area contributed by atoms with Crippen molar-refractivity contribution in [1.82, 2.24) is 24.4 Å². The molecule has 1 aliphatic rings. The molecular formula is C22H29N5OS. The van der Waals surface area contributed by atoms with Gasteiger partial charge in [0.05, 0.1) is 11.8 Å². The van der Waals surface area contributed by atoms with Crippen LogP contribution in [0.3, 0.4) is 0 Å². The number of benzene rings is 1. The maximum Gasteiger partial charge on any atom is 0.157 e. The van der Waals surface area contributed by atoms with Crippen LogP contribution in [0.2, 0.25) is 0 Å². The van der Waals surface area contributed by atoms with Crippen LogP contribution < -0.4 is 9.46 Å². The van der Waals surface area contributed by atoms with Crippen LogP contribution in [-0.2, 0) is 13.6 Å². The van der Waals surface area contributed by atoms with Gasteiger partial charge in [0.2, 0.25) is 0 Å². The van der Waals surface area contributed by atoms with E-state index in [1.165, 1.54) is 5.56 Å². The molecule has 1 atom stereocenters. The second kappa shape index (κ2) is 8.73. The van der Waals surface area contributed by atoms with E-state index in [4.69, 9.17) is 4.74 Å². The smallest absolute Gasteiger partial charge is 0.157 e. The van der Waals surface area contributed by atoms with Crippen LogP contribution in [0.15, 0.2) is 41.4 Å². The maximum atomic E-state index is 5.73. The maximum absolute atomic E-state index is 5.73. The fourth-order valence-corrected chi connectivity index (χ4v) is 4.55. The van der Waals surface area contributed by atoms with Crippen LogP contribution in [0.5, 0.6) is 5.75 Å². The van der Waals surface area contributed by atoms with E-state index in [0.717, 1.165) is 53.4 Å². The highest BCUT2D eigenvalue weighted by Gasteiger charge is 2.22. The average Bonchev–Trinajstić information content (AvgIpc) is 3.25. The molecule has 0 unspecified atom stereocenters. The van der Waals surface area contributed by atoms with Crippen LogP contribution in [0.25, 0.3) is 11.0 Å². The van der Waals surface area contributed by atoms with Crippen LogP contribution in [0.1, 0.15) is 31.5 Å². The lowest BCUT2D eigenvalue weighted by atomic mass is 10.2. The molecule has 3 aromatic rings. The fraction of sp³-hybridized carbons (Fsp3) is 0.455. The molecule has 154 valence electrons. The van der Waals surface area contributed by atoms with E-state index in [1.807, 2.05) is 24.9 Å². The summed E-state index contributed by atoms with van der Waals surface area (Å²) in [6.07, 6.45) is 3.29. The Bertz CT molecular complexity index is 969. The second-order valence-electron chi connectivity index (χ2n) is 8.00. The van der Waals surface area contributed by atoms with E-state index in [1.54, 1.807) is 11.9 Å². The monoisotopic (exact) mass is 411 g/mol. The standard InChI is InChI=1S/C22H29N5OS/c1-15(2)28-19-7-5-17(6-8-19)13-27-10-9-18(14-27)25-29-20-11-21-16(3)24-26(4)22(21)23-12-20/h5-8,11-12,15,18,25H,9-10,13-14H2,1-4H3/t18-/m1/s1. The van der Waals surface area contributed by atoms with Gasteiger partial charge in [-0.2, -0.15) is 5.10 Å². The Labute approximate surface area is 176 Å². The van der Waals surface area contributed by atoms with Crippen LogP contribution in [-0.4, -0.2) is 44.9 Å². The number of aromatic nitrogens is 3. The highest BCUT2D eigenvalue weighted by atomic mass is 32.2. The fourth-order valence-electron chi connectivity index (χ4n) is 3.77. The quantitative estimate of drug-likeness (QED) is 0.595. The van der Waals surface area contributed by atoms with Crippen molar-refractivity contribution in [3.63, 3.8) is 0 Å². The van der Waals surface area contributed by atoms with E-state index >= 15 is 0 Å². The van der Waals surface area contributed by atoms with E-state index in [9.17, 15) is 0 Å². The zero-order chi connectivity index (χ0) is 20.4. The molecule has 0 amide bonds. The number of nitrogens with one attached hydrogen (secondary N) is 1. The number of hydrogen-bond donors (Lipinski definition) is 1. The van der Waals surface area contributed by atoms with E-state index in [-0.39, 0.29) is 6.10 Å². The van der Waals surface area contributed by atoms with Crippen LogP contribution >= 0.6 is 11.9 Å². The first-order valence-electron chi connectivity index (χ1n) is 10.2. The van der Waals surface area contributed by atoms with Gasteiger partial charge < -0.3 is 4.74 Å². The molecule has 7 heteroatoms. The molecule has 1 saturated heterocycles. The Kier molecular flexibility index (Phi) is 6.08.